The second-order valence-electron chi connectivity index (χ2n) is 4.10. The van der Waals surface area contributed by atoms with Crippen LogP contribution in [0, 0.1) is 0 Å². The van der Waals surface area contributed by atoms with Gasteiger partial charge in [-0.3, -0.25) is 9.78 Å². The zero-order valence-corrected chi connectivity index (χ0v) is 11.8. The molecule has 19 heavy (non-hydrogen) atoms. The van der Waals surface area contributed by atoms with Crippen LogP contribution >= 0.6 is 15.9 Å². The monoisotopic (exact) mass is 328 g/mol. The minimum absolute atomic E-state index is 0.210. The van der Waals surface area contributed by atoms with Crippen molar-refractivity contribution in [1.82, 2.24) is 9.88 Å². The van der Waals surface area contributed by atoms with Crippen molar-refractivity contribution in [1.29, 1.82) is 0 Å². The molecule has 2 atom stereocenters. The van der Waals surface area contributed by atoms with E-state index in [-0.39, 0.29) is 12.5 Å². The maximum absolute atomic E-state index is 11.8. The second-order valence-corrected chi connectivity index (χ2v) is 5.01. The molecule has 0 saturated carbocycles. The Morgan fingerprint density at radius 1 is 1.63 bits per heavy atom. The molecule has 1 fully saturated rings. The zero-order chi connectivity index (χ0) is 14.0. The Bertz CT molecular complexity index is 489. The summed E-state index contributed by atoms with van der Waals surface area (Å²) in [5.41, 5.74) is 0.505. The quantitative estimate of drug-likeness (QED) is 0.902. The Balaban J connectivity index is 2.40. The van der Waals surface area contributed by atoms with Gasteiger partial charge in [0.05, 0.1) is 5.69 Å². The fourth-order valence-corrected chi connectivity index (χ4v) is 2.34. The van der Waals surface area contributed by atoms with Gasteiger partial charge < -0.3 is 14.7 Å². The van der Waals surface area contributed by atoms with Gasteiger partial charge in [-0.25, -0.2) is 4.79 Å². The third kappa shape index (κ3) is 2.76. The topological polar surface area (TPSA) is 79.7 Å². The standard InChI is InChI=1S/C12H13BrN2O4/c1-2-15-9(16)6-19-11(12(17)18)10(15)8-4-3-7(13)5-14-8/h3-5,10-11H,2,6H2,1H3,(H,17,18). The molecule has 2 heterocycles. The highest BCUT2D eigenvalue weighted by molar-refractivity contribution is 9.10. The largest absolute Gasteiger partial charge is 0.479 e. The van der Waals surface area contributed by atoms with Gasteiger partial charge in [-0.15, -0.1) is 0 Å². The molecule has 7 heteroatoms. The minimum Gasteiger partial charge on any atom is -0.479 e. The highest BCUT2D eigenvalue weighted by Gasteiger charge is 2.41. The Morgan fingerprint density at radius 2 is 2.37 bits per heavy atom. The average molecular weight is 329 g/mol. The van der Waals surface area contributed by atoms with Crippen LogP contribution < -0.4 is 0 Å². The molecular formula is C12H13BrN2O4. The van der Waals surface area contributed by atoms with Gasteiger partial charge in [-0.2, -0.15) is 0 Å². The molecule has 2 unspecified atom stereocenters. The van der Waals surface area contributed by atoms with Crippen molar-refractivity contribution < 1.29 is 19.4 Å². The molecule has 102 valence electrons. The SMILES string of the molecule is CCN1C(=O)COC(C(=O)O)C1c1ccc(Br)cn1. The fraction of sp³-hybridized carbons (Fsp3) is 0.417. The van der Waals surface area contributed by atoms with E-state index in [1.54, 1.807) is 25.3 Å². The summed E-state index contributed by atoms with van der Waals surface area (Å²) in [6.45, 7) is 2.00. The van der Waals surface area contributed by atoms with Crippen molar-refractivity contribution in [2.45, 2.75) is 19.1 Å². The van der Waals surface area contributed by atoms with Gasteiger partial charge in [0.1, 0.15) is 12.6 Å². The highest BCUT2D eigenvalue weighted by atomic mass is 79.9. The number of nitrogens with zero attached hydrogens (tertiary/aromatic N) is 2. The number of carbonyl (C=O) groups excluding carboxylic acids is 1. The van der Waals surface area contributed by atoms with E-state index in [0.717, 1.165) is 4.47 Å². The summed E-state index contributed by atoms with van der Waals surface area (Å²) in [6.07, 6.45) is 0.479. The number of likely N-dealkylation sites (N-methyl/N-ethyl adjacent to an activating group) is 1. The molecule has 0 radical (unpaired) electrons. The number of carbonyl (C=O) groups is 2. The molecule has 1 aromatic rings. The van der Waals surface area contributed by atoms with E-state index in [0.29, 0.717) is 12.2 Å². The number of amides is 1. The van der Waals surface area contributed by atoms with Crippen molar-refractivity contribution in [3.8, 4) is 0 Å². The lowest BCUT2D eigenvalue weighted by atomic mass is 10.0. The predicted molar refractivity (Wildman–Crippen MR) is 69.4 cm³/mol. The number of aliphatic carboxylic acids is 1. The molecule has 1 saturated heterocycles. The molecular weight excluding hydrogens is 316 g/mol. The van der Waals surface area contributed by atoms with E-state index >= 15 is 0 Å². The first-order chi connectivity index (χ1) is 9.04. The summed E-state index contributed by atoms with van der Waals surface area (Å²) in [4.78, 5) is 28.8. The second kappa shape index (κ2) is 5.66. The van der Waals surface area contributed by atoms with Crippen LogP contribution in [0.3, 0.4) is 0 Å². The third-order valence-corrected chi connectivity index (χ3v) is 3.44. The van der Waals surface area contributed by atoms with Gasteiger partial charge in [0, 0.05) is 17.2 Å². The van der Waals surface area contributed by atoms with E-state index < -0.39 is 18.1 Å². The van der Waals surface area contributed by atoms with Gasteiger partial charge in [0.25, 0.3) is 0 Å². The molecule has 1 N–H and O–H groups in total. The summed E-state index contributed by atoms with van der Waals surface area (Å²) >= 11 is 3.27. The van der Waals surface area contributed by atoms with Crippen molar-refractivity contribution in [3.05, 3.63) is 28.5 Å². The molecule has 0 bridgehead atoms. The van der Waals surface area contributed by atoms with Crippen LogP contribution in [0.25, 0.3) is 0 Å². The van der Waals surface area contributed by atoms with Gasteiger partial charge in [0.15, 0.2) is 6.10 Å². The van der Waals surface area contributed by atoms with E-state index in [9.17, 15) is 14.7 Å². The molecule has 1 aliphatic heterocycles. The fourth-order valence-electron chi connectivity index (χ4n) is 2.11. The molecule has 6 nitrogen and oxygen atoms in total. The van der Waals surface area contributed by atoms with Crippen LogP contribution in [0.15, 0.2) is 22.8 Å². The average Bonchev–Trinajstić information content (AvgIpc) is 2.39. The lowest BCUT2D eigenvalue weighted by Crippen LogP contribution is -2.51. The lowest BCUT2D eigenvalue weighted by Gasteiger charge is -2.38. The Morgan fingerprint density at radius 3 is 2.89 bits per heavy atom. The van der Waals surface area contributed by atoms with Gasteiger partial charge in [0.2, 0.25) is 5.91 Å². The number of pyridine rings is 1. The van der Waals surface area contributed by atoms with Crippen LogP contribution in [0.5, 0.6) is 0 Å². The van der Waals surface area contributed by atoms with Gasteiger partial charge in [-0.1, -0.05) is 0 Å². The first-order valence-corrected chi connectivity index (χ1v) is 6.59. The number of ether oxygens (including phenoxy) is 1. The van der Waals surface area contributed by atoms with E-state index in [4.69, 9.17) is 4.74 Å². The minimum atomic E-state index is -1.10. The highest BCUT2D eigenvalue weighted by Crippen LogP contribution is 2.29. The maximum atomic E-state index is 11.8. The summed E-state index contributed by atoms with van der Waals surface area (Å²) in [6, 6.07) is 2.75. The normalized spacial score (nSPS) is 23.5. The first-order valence-electron chi connectivity index (χ1n) is 5.80. The van der Waals surface area contributed by atoms with Gasteiger partial charge >= 0.3 is 5.97 Å². The van der Waals surface area contributed by atoms with Gasteiger partial charge in [-0.05, 0) is 35.0 Å². The summed E-state index contributed by atoms with van der Waals surface area (Å²) in [7, 11) is 0. The maximum Gasteiger partial charge on any atom is 0.335 e. The first kappa shape index (κ1) is 14.0. The van der Waals surface area contributed by atoms with Crippen molar-refractivity contribution in [2.75, 3.05) is 13.2 Å². The number of rotatable bonds is 3. The van der Waals surface area contributed by atoms with Crippen LogP contribution in [0.2, 0.25) is 0 Å². The smallest absolute Gasteiger partial charge is 0.335 e. The van der Waals surface area contributed by atoms with E-state index in [1.807, 2.05) is 0 Å². The molecule has 1 amide bonds. The van der Waals surface area contributed by atoms with E-state index in [1.165, 1.54) is 4.90 Å². The lowest BCUT2D eigenvalue weighted by molar-refractivity contribution is -0.173. The molecule has 0 spiro atoms. The summed E-state index contributed by atoms with van der Waals surface area (Å²) < 4.78 is 5.92. The predicted octanol–water partition coefficient (Wildman–Crippen LogP) is 1.22. The number of carboxylic acids is 1. The summed E-state index contributed by atoms with van der Waals surface area (Å²) in [5, 5.41) is 9.22. The molecule has 1 aromatic heterocycles. The Hall–Kier alpha value is -1.47. The molecule has 0 aliphatic carbocycles. The van der Waals surface area contributed by atoms with Crippen LogP contribution in [0.4, 0.5) is 0 Å². The number of hydrogen-bond donors (Lipinski definition) is 1. The third-order valence-electron chi connectivity index (χ3n) is 2.97. The summed E-state index contributed by atoms with van der Waals surface area (Å²) in [5.74, 6) is -1.32. The number of halogens is 1. The molecule has 0 aromatic carbocycles. The van der Waals surface area contributed by atoms with Crippen LogP contribution in [-0.2, 0) is 14.3 Å². The number of morpholine rings is 1. The van der Waals surface area contributed by atoms with Crippen molar-refractivity contribution in [2.24, 2.45) is 0 Å². The molecule has 2 rings (SSSR count). The molecule has 1 aliphatic rings. The number of aromatic nitrogens is 1. The van der Waals surface area contributed by atoms with Crippen LogP contribution in [-0.4, -0.2) is 46.1 Å². The van der Waals surface area contributed by atoms with E-state index in [2.05, 4.69) is 20.9 Å². The number of carboxylic acid groups (broad SMARTS) is 1. The zero-order valence-electron chi connectivity index (χ0n) is 10.2. The van der Waals surface area contributed by atoms with Crippen molar-refractivity contribution in [3.63, 3.8) is 0 Å². The van der Waals surface area contributed by atoms with Crippen molar-refractivity contribution >= 4 is 27.8 Å². The Kier molecular flexibility index (Phi) is 4.16. The number of hydrogen-bond acceptors (Lipinski definition) is 4. The Labute approximate surface area is 118 Å². The van der Waals surface area contributed by atoms with Crippen LogP contribution in [0.1, 0.15) is 18.7 Å².